The largest absolute Gasteiger partial charge is 0.497 e. The Bertz CT molecular complexity index is 1070. The molecule has 0 saturated carbocycles. The maximum atomic E-state index is 13.0. The average molecular weight is 453 g/mol. The van der Waals surface area contributed by atoms with Gasteiger partial charge in [0.2, 0.25) is 11.8 Å². The minimum atomic E-state index is -1.27. The van der Waals surface area contributed by atoms with Crippen molar-refractivity contribution >= 4 is 29.4 Å². The number of hydrogen-bond acceptors (Lipinski definition) is 5. The van der Waals surface area contributed by atoms with Gasteiger partial charge in [-0.3, -0.25) is 19.3 Å². The van der Waals surface area contributed by atoms with Crippen molar-refractivity contribution in [3.8, 4) is 5.75 Å². The number of methoxy groups -OCH3 is 1. The third-order valence-electron chi connectivity index (χ3n) is 5.45. The van der Waals surface area contributed by atoms with E-state index in [1.807, 2.05) is 0 Å². The molecule has 1 aliphatic heterocycles. The van der Waals surface area contributed by atoms with Gasteiger partial charge in [0.25, 0.3) is 5.91 Å². The van der Waals surface area contributed by atoms with Crippen LogP contribution >= 0.6 is 0 Å². The van der Waals surface area contributed by atoms with E-state index in [1.54, 1.807) is 69.3 Å². The molecule has 1 unspecified atom stereocenters. The van der Waals surface area contributed by atoms with Crippen molar-refractivity contribution in [1.82, 2.24) is 15.5 Å². The Morgan fingerprint density at radius 2 is 1.82 bits per heavy atom. The van der Waals surface area contributed by atoms with Crippen molar-refractivity contribution in [3.63, 3.8) is 0 Å². The highest BCUT2D eigenvalue weighted by Crippen LogP contribution is 2.29. The van der Waals surface area contributed by atoms with Crippen LogP contribution in [0.5, 0.6) is 5.75 Å². The number of nitrogens with zero attached hydrogens (tertiary/aromatic N) is 1. The summed E-state index contributed by atoms with van der Waals surface area (Å²) in [5, 5.41) is 8.19. The molecule has 2 aromatic rings. The molecule has 9 heteroatoms. The first-order chi connectivity index (χ1) is 15.6. The Hall–Kier alpha value is -3.88. The maximum absolute atomic E-state index is 13.0. The molecule has 33 heavy (non-hydrogen) atoms. The highest BCUT2D eigenvalue weighted by Gasteiger charge is 2.49. The number of rotatable bonds is 8. The van der Waals surface area contributed by atoms with Crippen molar-refractivity contribution in [2.45, 2.75) is 32.9 Å². The molecule has 1 heterocycles. The molecule has 0 aromatic heterocycles. The van der Waals surface area contributed by atoms with Crippen molar-refractivity contribution in [1.29, 1.82) is 0 Å². The van der Waals surface area contributed by atoms with Crippen LogP contribution in [0.25, 0.3) is 0 Å². The second-order valence-electron chi connectivity index (χ2n) is 8.30. The van der Waals surface area contributed by atoms with Crippen molar-refractivity contribution in [2.75, 3.05) is 19.0 Å². The van der Waals surface area contributed by atoms with Crippen LogP contribution in [0, 0.1) is 5.92 Å². The van der Waals surface area contributed by atoms with Crippen LogP contribution in [0.4, 0.5) is 10.5 Å². The van der Waals surface area contributed by atoms with E-state index in [9.17, 15) is 19.2 Å². The van der Waals surface area contributed by atoms with Crippen LogP contribution in [-0.2, 0) is 26.5 Å². The Kier molecular flexibility index (Phi) is 7.01. The first-order valence-corrected chi connectivity index (χ1v) is 10.6. The summed E-state index contributed by atoms with van der Waals surface area (Å²) in [5.74, 6) is -0.612. The summed E-state index contributed by atoms with van der Waals surface area (Å²) in [6, 6.07) is 13.3. The molecule has 5 amide bonds. The lowest BCUT2D eigenvalue weighted by Gasteiger charge is -2.22. The molecule has 0 aliphatic carbocycles. The van der Waals surface area contributed by atoms with E-state index >= 15 is 0 Å². The van der Waals surface area contributed by atoms with Gasteiger partial charge in [-0.25, -0.2) is 4.79 Å². The normalized spacial score (nSPS) is 17.7. The van der Waals surface area contributed by atoms with Crippen LogP contribution in [-0.4, -0.2) is 42.3 Å². The fraction of sp³-hybridized carbons (Fsp3) is 0.333. The molecule has 0 spiro atoms. The standard InChI is InChI=1S/C24H28N4O5/c1-15(2)21(30)26-18-7-5-6-16(12-18)13-25-20(29)14-28-22(31)24(3,27-23(28)32)17-8-10-19(33-4)11-9-17/h5-12,15H,13-14H2,1-4H3,(H,25,29)(H,26,30)(H,27,32). The molecule has 1 atom stereocenters. The van der Waals surface area contributed by atoms with Gasteiger partial charge in [-0.1, -0.05) is 38.1 Å². The van der Waals surface area contributed by atoms with E-state index in [-0.39, 0.29) is 18.4 Å². The van der Waals surface area contributed by atoms with Gasteiger partial charge in [0.1, 0.15) is 17.8 Å². The minimum Gasteiger partial charge on any atom is -0.497 e. The van der Waals surface area contributed by atoms with Crippen LogP contribution in [0.15, 0.2) is 48.5 Å². The number of amides is 5. The number of ether oxygens (including phenoxy) is 1. The van der Waals surface area contributed by atoms with Crippen molar-refractivity contribution in [2.24, 2.45) is 5.92 Å². The van der Waals surface area contributed by atoms with Gasteiger partial charge < -0.3 is 20.7 Å². The highest BCUT2D eigenvalue weighted by atomic mass is 16.5. The van der Waals surface area contributed by atoms with Crippen molar-refractivity contribution < 1.29 is 23.9 Å². The van der Waals surface area contributed by atoms with Gasteiger partial charge in [0.05, 0.1) is 7.11 Å². The molecule has 1 fully saturated rings. The molecule has 3 rings (SSSR count). The quantitative estimate of drug-likeness (QED) is 0.532. The highest BCUT2D eigenvalue weighted by molar-refractivity contribution is 6.09. The van der Waals surface area contributed by atoms with Crippen LogP contribution < -0.4 is 20.7 Å². The Labute approximate surface area is 192 Å². The molecule has 174 valence electrons. The number of carbonyl (C=O) groups excluding carboxylic acids is 4. The summed E-state index contributed by atoms with van der Waals surface area (Å²) < 4.78 is 5.13. The molecular weight excluding hydrogens is 424 g/mol. The zero-order valence-electron chi connectivity index (χ0n) is 19.1. The fourth-order valence-electron chi connectivity index (χ4n) is 3.41. The average Bonchev–Trinajstić information content (AvgIpc) is 3.01. The smallest absolute Gasteiger partial charge is 0.325 e. The molecule has 2 aromatic carbocycles. The van der Waals surface area contributed by atoms with Crippen LogP contribution in [0.1, 0.15) is 31.9 Å². The van der Waals surface area contributed by atoms with E-state index in [0.717, 1.165) is 10.5 Å². The van der Waals surface area contributed by atoms with E-state index in [4.69, 9.17) is 4.74 Å². The number of benzene rings is 2. The number of anilines is 1. The predicted molar refractivity (Wildman–Crippen MR) is 122 cm³/mol. The summed E-state index contributed by atoms with van der Waals surface area (Å²) in [6.45, 7) is 4.98. The lowest BCUT2D eigenvalue weighted by atomic mass is 9.92. The van der Waals surface area contributed by atoms with Gasteiger partial charge in [0, 0.05) is 18.2 Å². The number of nitrogens with one attached hydrogen (secondary N) is 3. The molecule has 0 radical (unpaired) electrons. The topological polar surface area (TPSA) is 117 Å². The number of imide groups is 1. The molecule has 1 saturated heterocycles. The molecule has 9 nitrogen and oxygen atoms in total. The Morgan fingerprint density at radius 1 is 1.12 bits per heavy atom. The lowest BCUT2D eigenvalue weighted by molar-refractivity contribution is -0.134. The Balaban J connectivity index is 1.61. The minimum absolute atomic E-state index is 0.102. The summed E-state index contributed by atoms with van der Waals surface area (Å²) in [7, 11) is 1.54. The van der Waals surface area contributed by atoms with Gasteiger partial charge >= 0.3 is 6.03 Å². The molecular formula is C24H28N4O5. The fourth-order valence-corrected chi connectivity index (χ4v) is 3.41. The number of carbonyl (C=O) groups is 4. The maximum Gasteiger partial charge on any atom is 0.325 e. The lowest BCUT2D eigenvalue weighted by Crippen LogP contribution is -2.43. The monoisotopic (exact) mass is 452 g/mol. The van der Waals surface area contributed by atoms with E-state index in [2.05, 4.69) is 16.0 Å². The first-order valence-electron chi connectivity index (χ1n) is 10.6. The second kappa shape index (κ2) is 9.72. The van der Waals surface area contributed by atoms with Gasteiger partial charge in [-0.15, -0.1) is 0 Å². The summed E-state index contributed by atoms with van der Waals surface area (Å²) >= 11 is 0. The molecule has 3 N–H and O–H groups in total. The second-order valence-corrected chi connectivity index (χ2v) is 8.30. The molecule has 1 aliphatic rings. The van der Waals surface area contributed by atoms with E-state index in [1.165, 1.54) is 7.11 Å². The van der Waals surface area contributed by atoms with Crippen LogP contribution in [0.3, 0.4) is 0 Å². The summed E-state index contributed by atoms with van der Waals surface area (Å²) in [6.07, 6.45) is 0. The Morgan fingerprint density at radius 3 is 2.45 bits per heavy atom. The predicted octanol–water partition coefficient (Wildman–Crippen LogP) is 2.37. The summed E-state index contributed by atoms with van der Waals surface area (Å²) in [5.41, 5.74) is 0.715. The van der Waals surface area contributed by atoms with Gasteiger partial charge in [0.15, 0.2) is 0 Å². The molecule has 0 bridgehead atoms. The number of hydrogen-bond donors (Lipinski definition) is 3. The number of urea groups is 1. The van der Waals surface area contributed by atoms with Gasteiger partial charge in [-0.05, 0) is 42.3 Å². The SMILES string of the molecule is COc1ccc(C2(C)NC(=O)N(CC(=O)NCc3cccc(NC(=O)C(C)C)c3)C2=O)cc1. The zero-order valence-corrected chi connectivity index (χ0v) is 19.1. The van der Waals surface area contributed by atoms with Gasteiger partial charge in [-0.2, -0.15) is 0 Å². The third-order valence-corrected chi connectivity index (χ3v) is 5.45. The zero-order chi connectivity index (χ0) is 24.2. The first kappa shape index (κ1) is 23.8. The third kappa shape index (κ3) is 5.31. The summed E-state index contributed by atoms with van der Waals surface area (Å²) in [4.78, 5) is 50.7. The van der Waals surface area contributed by atoms with Crippen molar-refractivity contribution in [3.05, 3.63) is 59.7 Å². The van der Waals surface area contributed by atoms with Crippen LogP contribution in [0.2, 0.25) is 0 Å². The van der Waals surface area contributed by atoms with E-state index in [0.29, 0.717) is 17.0 Å². The van der Waals surface area contributed by atoms with E-state index < -0.39 is 29.9 Å².